The normalized spacial score (nSPS) is 13.0. The Morgan fingerprint density at radius 2 is 1.68 bits per heavy atom. The van der Waals surface area contributed by atoms with Gasteiger partial charge in [0, 0.05) is 19.6 Å². The lowest BCUT2D eigenvalue weighted by Crippen LogP contribution is -2.41. The fraction of sp³-hybridized carbons (Fsp3) is 0.588. The van der Waals surface area contributed by atoms with Crippen LogP contribution in [-0.2, 0) is 21.4 Å². The fourth-order valence-electron chi connectivity index (χ4n) is 2.16. The molecule has 0 spiro atoms. The second-order valence-corrected chi connectivity index (χ2v) is 8.71. The van der Waals surface area contributed by atoms with E-state index in [0.717, 1.165) is 5.56 Å². The van der Waals surface area contributed by atoms with Gasteiger partial charge in [-0.2, -0.15) is 4.31 Å². The van der Waals surface area contributed by atoms with Crippen molar-refractivity contribution in [1.29, 1.82) is 0 Å². The minimum Gasteiger partial charge on any atom is -0.351 e. The van der Waals surface area contributed by atoms with Gasteiger partial charge < -0.3 is 11.1 Å². The Morgan fingerprint density at radius 3 is 2.12 bits per heavy atom. The van der Waals surface area contributed by atoms with Crippen LogP contribution >= 0.6 is 12.4 Å². The lowest BCUT2D eigenvalue weighted by atomic mass is 10.0. The smallest absolute Gasteiger partial charge is 0.243 e. The van der Waals surface area contributed by atoms with Gasteiger partial charge in [0.2, 0.25) is 15.9 Å². The van der Waals surface area contributed by atoms with Gasteiger partial charge in [-0.3, -0.25) is 4.79 Å². The number of carbonyl (C=O) groups is 1. The fourth-order valence-corrected chi connectivity index (χ4v) is 3.53. The first-order valence-electron chi connectivity index (χ1n) is 8.16. The van der Waals surface area contributed by atoms with Gasteiger partial charge in [-0.25, -0.2) is 8.42 Å². The number of nitrogens with one attached hydrogen (secondary N) is 1. The van der Waals surface area contributed by atoms with Crippen molar-refractivity contribution in [2.75, 3.05) is 7.05 Å². The number of carbonyl (C=O) groups excluding carboxylic acids is 1. The number of nitrogens with zero attached hydrogens (tertiary/aromatic N) is 1. The molecule has 0 radical (unpaired) electrons. The molecule has 0 fully saturated rings. The van der Waals surface area contributed by atoms with Gasteiger partial charge in [0.1, 0.15) is 0 Å². The van der Waals surface area contributed by atoms with Gasteiger partial charge in [-0.15, -0.1) is 12.4 Å². The summed E-state index contributed by atoms with van der Waals surface area (Å²) in [5.74, 6) is 0.160. The Hall–Kier alpha value is -1.15. The average Bonchev–Trinajstić information content (AvgIpc) is 2.51. The molecule has 3 N–H and O–H groups in total. The monoisotopic (exact) mass is 391 g/mol. The quantitative estimate of drug-likeness (QED) is 0.709. The summed E-state index contributed by atoms with van der Waals surface area (Å²) in [4.78, 5) is 12.1. The summed E-state index contributed by atoms with van der Waals surface area (Å²) >= 11 is 0. The second kappa shape index (κ2) is 10.1. The molecule has 0 aliphatic carbocycles. The van der Waals surface area contributed by atoms with Crippen LogP contribution in [-0.4, -0.2) is 37.8 Å². The molecule has 1 aromatic rings. The molecule has 0 heterocycles. The number of hydrogen-bond acceptors (Lipinski definition) is 4. The van der Waals surface area contributed by atoms with E-state index in [-0.39, 0.29) is 29.3 Å². The molecular formula is C17H30ClN3O3S. The van der Waals surface area contributed by atoms with Gasteiger partial charge in [0.05, 0.1) is 10.9 Å². The first-order chi connectivity index (χ1) is 11.1. The van der Waals surface area contributed by atoms with Crippen molar-refractivity contribution in [3.8, 4) is 0 Å². The summed E-state index contributed by atoms with van der Waals surface area (Å²) in [7, 11) is -1.93. The van der Waals surface area contributed by atoms with Crippen molar-refractivity contribution in [2.24, 2.45) is 11.7 Å². The SMILES string of the molecule is CC(C)C[C@H](N)C(=O)NCc1ccc(S(=O)(=O)N(C)C(C)C)cc1.Cl. The maximum absolute atomic E-state index is 12.4. The van der Waals surface area contributed by atoms with Crippen LogP contribution in [0.4, 0.5) is 0 Å². The van der Waals surface area contributed by atoms with E-state index in [4.69, 9.17) is 5.73 Å². The van der Waals surface area contributed by atoms with Gasteiger partial charge in [0.15, 0.2) is 0 Å². The molecule has 1 aromatic carbocycles. The second-order valence-electron chi connectivity index (χ2n) is 6.71. The van der Waals surface area contributed by atoms with Crippen LogP contribution in [0, 0.1) is 5.92 Å². The Labute approximate surface area is 157 Å². The summed E-state index contributed by atoms with van der Waals surface area (Å²) in [5.41, 5.74) is 6.65. The number of sulfonamides is 1. The molecule has 0 aromatic heterocycles. The van der Waals surface area contributed by atoms with Crippen LogP contribution in [0.5, 0.6) is 0 Å². The molecule has 25 heavy (non-hydrogen) atoms. The van der Waals surface area contributed by atoms with Crippen LogP contribution in [0.3, 0.4) is 0 Å². The first-order valence-corrected chi connectivity index (χ1v) is 9.60. The Morgan fingerprint density at radius 1 is 1.16 bits per heavy atom. The molecule has 0 saturated heterocycles. The maximum atomic E-state index is 12.4. The van der Waals surface area contributed by atoms with Crippen molar-refractivity contribution in [3.05, 3.63) is 29.8 Å². The molecule has 6 nitrogen and oxygen atoms in total. The van der Waals surface area contributed by atoms with Crippen LogP contribution in [0.25, 0.3) is 0 Å². The molecule has 0 aliphatic rings. The highest BCUT2D eigenvalue weighted by Crippen LogP contribution is 2.17. The summed E-state index contributed by atoms with van der Waals surface area (Å²) in [6.07, 6.45) is 0.630. The molecule has 144 valence electrons. The molecular weight excluding hydrogens is 362 g/mol. The van der Waals surface area contributed by atoms with Gasteiger partial charge >= 0.3 is 0 Å². The van der Waals surface area contributed by atoms with E-state index in [1.165, 1.54) is 4.31 Å². The van der Waals surface area contributed by atoms with Gasteiger partial charge in [0.25, 0.3) is 0 Å². The number of halogens is 1. The summed E-state index contributed by atoms with van der Waals surface area (Å²) in [6.45, 7) is 8.00. The molecule has 8 heteroatoms. The Kier molecular flexibility index (Phi) is 9.64. The highest BCUT2D eigenvalue weighted by atomic mass is 35.5. The highest BCUT2D eigenvalue weighted by Gasteiger charge is 2.22. The molecule has 1 atom stereocenters. The number of benzene rings is 1. The first kappa shape index (κ1) is 23.9. The Balaban J connectivity index is 0.00000576. The van der Waals surface area contributed by atoms with Crippen molar-refractivity contribution >= 4 is 28.3 Å². The van der Waals surface area contributed by atoms with Crippen molar-refractivity contribution in [2.45, 2.75) is 57.6 Å². The summed E-state index contributed by atoms with van der Waals surface area (Å²) in [6, 6.07) is 5.89. The lowest BCUT2D eigenvalue weighted by molar-refractivity contribution is -0.122. The minimum atomic E-state index is -3.49. The topological polar surface area (TPSA) is 92.5 Å². The van der Waals surface area contributed by atoms with E-state index in [2.05, 4.69) is 5.32 Å². The van der Waals surface area contributed by atoms with Crippen LogP contribution < -0.4 is 11.1 Å². The summed E-state index contributed by atoms with van der Waals surface area (Å²) in [5, 5.41) is 2.78. The van der Waals surface area contributed by atoms with E-state index < -0.39 is 16.1 Å². The largest absolute Gasteiger partial charge is 0.351 e. The molecule has 0 bridgehead atoms. The van der Waals surface area contributed by atoms with Gasteiger partial charge in [-0.05, 0) is 43.9 Å². The van der Waals surface area contributed by atoms with Crippen LogP contribution in [0.2, 0.25) is 0 Å². The minimum absolute atomic E-state index is 0. The van der Waals surface area contributed by atoms with E-state index in [9.17, 15) is 13.2 Å². The number of hydrogen-bond donors (Lipinski definition) is 2. The van der Waals surface area contributed by atoms with E-state index in [1.54, 1.807) is 31.3 Å². The van der Waals surface area contributed by atoms with E-state index in [0.29, 0.717) is 18.9 Å². The zero-order valence-electron chi connectivity index (χ0n) is 15.5. The standard InChI is InChI=1S/C17H29N3O3S.ClH/c1-12(2)10-16(18)17(21)19-11-14-6-8-15(9-7-14)24(22,23)20(5)13(3)4;/h6-9,12-13,16H,10-11,18H2,1-5H3,(H,19,21);1H/t16-;/m0./s1. The third-order valence-electron chi connectivity index (χ3n) is 3.86. The lowest BCUT2D eigenvalue weighted by Gasteiger charge is -2.21. The highest BCUT2D eigenvalue weighted by molar-refractivity contribution is 7.89. The van der Waals surface area contributed by atoms with Crippen LogP contribution in [0.1, 0.15) is 39.7 Å². The molecule has 0 aliphatic heterocycles. The zero-order valence-corrected chi connectivity index (χ0v) is 17.2. The number of nitrogens with two attached hydrogens (primary N) is 1. The van der Waals surface area contributed by atoms with Crippen molar-refractivity contribution in [1.82, 2.24) is 9.62 Å². The Bertz CT molecular complexity index is 646. The molecule has 0 unspecified atom stereocenters. The zero-order chi connectivity index (χ0) is 18.5. The van der Waals surface area contributed by atoms with E-state index in [1.807, 2.05) is 27.7 Å². The van der Waals surface area contributed by atoms with E-state index >= 15 is 0 Å². The average molecular weight is 392 g/mol. The van der Waals surface area contributed by atoms with Crippen molar-refractivity contribution < 1.29 is 13.2 Å². The predicted molar refractivity (Wildman–Crippen MR) is 103 cm³/mol. The van der Waals surface area contributed by atoms with Crippen molar-refractivity contribution in [3.63, 3.8) is 0 Å². The van der Waals surface area contributed by atoms with Crippen LogP contribution in [0.15, 0.2) is 29.2 Å². The summed E-state index contributed by atoms with van der Waals surface area (Å²) < 4.78 is 26.1. The number of amides is 1. The number of rotatable bonds is 8. The third-order valence-corrected chi connectivity index (χ3v) is 5.90. The molecule has 0 saturated carbocycles. The predicted octanol–water partition coefficient (Wildman–Crippen LogP) is 2.13. The molecule has 1 rings (SSSR count). The molecule has 1 amide bonds. The van der Waals surface area contributed by atoms with Gasteiger partial charge in [-0.1, -0.05) is 26.0 Å². The maximum Gasteiger partial charge on any atom is 0.243 e. The third kappa shape index (κ3) is 6.93.